The molecule has 1 saturated heterocycles. The molecule has 0 radical (unpaired) electrons. The van der Waals surface area contributed by atoms with Gasteiger partial charge in [-0.15, -0.1) is 0 Å². The summed E-state index contributed by atoms with van der Waals surface area (Å²) in [6.07, 6.45) is 0.442. The minimum absolute atomic E-state index is 0.206. The third-order valence-electron chi connectivity index (χ3n) is 4.50. The smallest absolute Gasteiger partial charge is 0.116 e. The summed E-state index contributed by atoms with van der Waals surface area (Å²) in [6, 6.07) is 16.8. The maximum atomic E-state index is 5.92. The van der Waals surface area contributed by atoms with E-state index in [4.69, 9.17) is 9.72 Å². The lowest BCUT2D eigenvalue weighted by Gasteiger charge is -2.18. The zero-order valence-electron chi connectivity index (χ0n) is 11.1. The molecule has 2 heteroatoms. The van der Waals surface area contributed by atoms with E-state index < -0.39 is 0 Å². The van der Waals surface area contributed by atoms with Crippen LogP contribution in [0.4, 0.5) is 0 Å². The maximum absolute atomic E-state index is 5.92. The van der Waals surface area contributed by atoms with Crippen molar-refractivity contribution in [2.45, 2.75) is 19.1 Å². The molecule has 0 bridgehead atoms. The first-order chi connectivity index (χ1) is 9.84. The summed E-state index contributed by atoms with van der Waals surface area (Å²) in [5, 5.41) is 1.24. The van der Waals surface area contributed by atoms with Crippen LogP contribution in [0.1, 0.15) is 28.9 Å². The number of nitrogens with zero attached hydrogens (tertiary/aromatic N) is 1. The van der Waals surface area contributed by atoms with E-state index >= 15 is 0 Å². The van der Waals surface area contributed by atoms with E-state index in [1.54, 1.807) is 0 Å². The van der Waals surface area contributed by atoms with Crippen LogP contribution in [0, 0.1) is 6.92 Å². The number of aromatic nitrogens is 1. The minimum Gasteiger partial charge on any atom is -0.359 e. The molecule has 0 unspecified atom stereocenters. The summed E-state index contributed by atoms with van der Waals surface area (Å²) in [6.45, 7) is 2.19. The van der Waals surface area contributed by atoms with Crippen LogP contribution >= 0.6 is 0 Å². The molecule has 0 N–H and O–H groups in total. The standard InChI is InChI=1S/C18H13NO/c1-10-11-6-4-5-9-14(11)19-16-12-7-2-3-8-13(12)17-18(20-17)15(10)16/h2-9,17-18H,1H3/t17-,18+/m0/s1. The molecule has 20 heavy (non-hydrogen) atoms. The quantitative estimate of drug-likeness (QED) is 0.561. The molecule has 1 aromatic heterocycles. The number of rotatable bonds is 0. The van der Waals surface area contributed by atoms with Gasteiger partial charge in [0, 0.05) is 16.5 Å². The van der Waals surface area contributed by atoms with Crippen molar-refractivity contribution in [1.29, 1.82) is 0 Å². The molecular formula is C18H13NO. The lowest BCUT2D eigenvalue weighted by molar-refractivity contribution is 0.379. The second kappa shape index (κ2) is 3.47. The normalized spacial score (nSPS) is 22.1. The highest BCUT2D eigenvalue weighted by Crippen LogP contribution is 2.60. The number of para-hydroxylation sites is 1. The highest BCUT2D eigenvalue weighted by atomic mass is 16.6. The third kappa shape index (κ3) is 1.20. The summed E-state index contributed by atoms with van der Waals surface area (Å²) in [5.74, 6) is 0. The van der Waals surface area contributed by atoms with Crippen molar-refractivity contribution in [2.24, 2.45) is 0 Å². The van der Waals surface area contributed by atoms with E-state index in [1.165, 1.54) is 27.6 Å². The van der Waals surface area contributed by atoms with Gasteiger partial charge in [-0.25, -0.2) is 4.98 Å². The number of epoxide rings is 1. The highest BCUT2D eigenvalue weighted by molar-refractivity contribution is 5.89. The van der Waals surface area contributed by atoms with Crippen molar-refractivity contribution < 1.29 is 4.74 Å². The minimum atomic E-state index is 0.206. The topological polar surface area (TPSA) is 25.4 Å². The van der Waals surface area contributed by atoms with Gasteiger partial charge in [0.15, 0.2) is 0 Å². The highest BCUT2D eigenvalue weighted by Gasteiger charge is 2.48. The average molecular weight is 259 g/mol. The summed E-state index contributed by atoms with van der Waals surface area (Å²) in [7, 11) is 0. The van der Waals surface area contributed by atoms with Gasteiger partial charge in [-0.1, -0.05) is 42.5 Å². The second-order valence-electron chi connectivity index (χ2n) is 5.58. The summed E-state index contributed by atoms with van der Waals surface area (Å²) < 4.78 is 5.92. The molecular weight excluding hydrogens is 246 g/mol. The molecule has 0 amide bonds. The van der Waals surface area contributed by atoms with Gasteiger partial charge in [0.05, 0.1) is 11.2 Å². The molecule has 2 aromatic carbocycles. The SMILES string of the molecule is Cc1c2c(nc3ccccc13)-c1ccccc1[C@@H]1O[C@H]21. The molecule has 2 aliphatic rings. The predicted molar refractivity (Wildman–Crippen MR) is 78.5 cm³/mol. The monoisotopic (exact) mass is 259 g/mol. The third-order valence-corrected chi connectivity index (χ3v) is 4.50. The van der Waals surface area contributed by atoms with Gasteiger partial charge in [-0.05, 0) is 24.1 Å². The molecule has 3 aromatic rings. The van der Waals surface area contributed by atoms with Crippen LogP contribution in [0.15, 0.2) is 48.5 Å². The predicted octanol–water partition coefficient (Wildman–Crippen LogP) is 4.34. The Labute approximate surface area is 117 Å². The van der Waals surface area contributed by atoms with Crippen LogP contribution in [0.25, 0.3) is 22.2 Å². The molecule has 1 aliphatic carbocycles. The first-order valence-electron chi connectivity index (χ1n) is 6.98. The Morgan fingerprint density at radius 2 is 1.75 bits per heavy atom. The van der Waals surface area contributed by atoms with E-state index in [0.29, 0.717) is 0 Å². The van der Waals surface area contributed by atoms with E-state index in [1.807, 2.05) is 6.07 Å². The summed E-state index contributed by atoms with van der Waals surface area (Å²) in [5.41, 5.74) is 7.29. The molecule has 2 nitrogen and oxygen atoms in total. The van der Waals surface area contributed by atoms with Gasteiger partial charge >= 0.3 is 0 Å². The van der Waals surface area contributed by atoms with Crippen molar-refractivity contribution in [3.8, 4) is 11.3 Å². The van der Waals surface area contributed by atoms with Crippen molar-refractivity contribution in [1.82, 2.24) is 4.98 Å². The second-order valence-corrected chi connectivity index (χ2v) is 5.58. The van der Waals surface area contributed by atoms with E-state index in [9.17, 15) is 0 Å². The van der Waals surface area contributed by atoms with Gasteiger partial charge in [-0.3, -0.25) is 0 Å². The Balaban J connectivity index is 1.94. The van der Waals surface area contributed by atoms with Crippen molar-refractivity contribution in [3.05, 3.63) is 65.2 Å². The Kier molecular flexibility index (Phi) is 1.83. The molecule has 5 rings (SSSR count). The zero-order valence-corrected chi connectivity index (χ0v) is 11.1. The number of pyridine rings is 1. The lowest BCUT2D eigenvalue weighted by atomic mass is 9.86. The average Bonchev–Trinajstić information content (AvgIpc) is 3.28. The fourth-order valence-electron chi connectivity index (χ4n) is 3.47. The van der Waals surface area contributed by atoms with Gasteiger partial charge in [0.25, 0.3) is 0 Å². The Morgan fingerprint density at radius 3 is 2.70 bits per heavy atom. The van der Waals surface area contributed by atoms with Crippen molar-refractivity contribution in [3.63, 3.8) is 0 Å². The Bertz CT molecular complexity index is 868. The molecule has 1 fully saturated rings. The lowest BCUT2D eigenvalue weighted by Crippen LogP contribution is -2.04. The number of aryl methyl sites for hydroxylation is 1. The van der Waals surface area contributed by atoms with Crippen LogP contribution in [-0.2, 0) is 4.74 Å². The van der Waals surface area contributed by atoms with Crippen LogP contribution in [0.2, 0.25) is 0 Å². The molecule has 2 heterocycles. The summed E-state index contributed by atoms with van der Waals surface area (Å²) >= 11 is 0. The number of hydrogen-bond donors (Lipinski definition) is 0. The Morgan fingerprint density at radius 1 is 0.950 bits per heavy atom. The van der Waals surface area contributed by atoms with Gasteiger partial charge in [0.1, 0.15) is 12.2 Å². The van der Waals surface area contributed by atoms with Crippen molar-refractivity contribution in [2.75, 3.05) is 0 Å². The van der Waals surface area contributed by atoms with Gasteiger partial charge < -0.3 is 4.74 Å². The molecule has 0 saturated carbocycles. The van der Waals surface area contributed by atoms with Crippen LogP contribution < -0.4 is 0 Å². The number of hydrogen-bond acceptors (Lipinski definition) is 2. The molecule has 0 spiro atoms. The first kappa shape index (κ1) is 10.6. The number of benzene rings is 2. The van der Waals surface area contributed by atoms with Crippen LogP contribution in [0.3, 0.4) is 0 Å². The fraction of sp³-hybridized carbons (Fsp3) is 0.167. The molecule has 1 aliphatic heterocycles. The van der Waals surface area contributed by atoms with Gasteiger partial charge in [0.2, 0.25) is 0 Å². The van der Waals surface area contributed by atoms with Gasteiger partial charge in [-0.2, -0.15) is 0 Å². The summed E-state index contributed by atoms with van der Waals surface area (Å²) in [4.78, 5) is 4.92. The number of fused-ring (bicyclic) bond motifs is 7. The first-order valence-corrected chi connectivity index (χ1v) is 6.98. The Hall–Kier alpha value is -2.19. The maximum Gasteiger partial charge on any atom is 0.116 e. The van der Waals surface area contributed by atoms with Crippen LogP contribution in [0.5, 0.6) is 0 Å². The van der Waals surface area contributed by atoms with E-state index in [-0.39, 0.29) is 12.2 Å². The zero-order chi connectivity index (χ0) is 13.3. The molecule has 2 atom stereocenters. The van der Waals surface area contributed by atoms with Crippen molar-refractivity contribution >= 4 is 10.9 Å². The van der Waals surface area contributed by atoms with E-state index in [2.05, 4.69) is 49.4 Å². The van der Waals surface area contributed by atoms with Crippen LogP contribution in [-0.4, -0.2) is 4.98 Å². The van der Waals surface area contributed by atoms with E-state index in [0.717, 1.165) is 11.2 Å². The fourth-order valence-corrected chi connectivity index (χ4v) is 3.47. The largest absolute Gasteiger partial charge is 0.359 e. The molecule has 96 valence electrons. The number of ether oxygens (including phenoxy) is 1.